The molecule has 2 atom stereocenters. The Kier molecular flexibility index (Phi) is 10.0. The highest BCUT2D eigenvalue weighted by atomic mass is 16.6. The van der Waals surface area contributed by atoms with Gasteiger partial charge in [0.2, 0.25) is 5.91 Å². The molecule has 0 fully saturated rings. The van der Waals surface area contributed by atoms with E-state index in [0.29, 0.717) is 5.69 Å². The van der Waals surface area contributed by atoms with Crippen LogP contribution in [0.2, 0.25) is 0 Å². The van der Waals surface area contributed by atoms with Gasteiger partial charge in [0.05, 0.1) is 0 Å². The van der Waals surface area contributed by atoms with Crippen LogP contribution in [0.4, 0.5) is 10.5 Å². The van der Waals surface area contributed by atoms with Crippen LogP contribution in [-0.2, 0) is 20.7 Å². The molecule has 3 rings (SSSR count). The number of hydrogen-bond donors (Lipinski definition) is 3. The van der Waals surface area contributed by atoms with Crippen LogP contribution in [0.25, 0.3) is 0 Å². The summed E-state index contributed by atoms with van der Waals surface area (Å²) in [6.45, 7) is 14.5. The number of rotatable bonds is 8. The van der Waals surface area contributed by atoms with Crippen LogP contribution in [0.1, 0.15) is 69.8 Å². The van der Waals surface area contributed by atoms with Gasteiger partial charge < -0.3 is 25.4 Å². The monoisotopic (exact) mass is 573 g/mol. The van der Waals surface area contributed by atoms with Gasteiger partial charge in [0.25, 0.3) is 5.91 Å². The second-order valence-corrected chi connectivity index (χ2v) is 12.5. The van der Waals surface area contributed by atoms with Gasteiger partial charge in [0.15, 0.2) is 0 Å². The van der Waals surface area contributed by atoms with E-state index in [1.54, 1.807) is 39.0 Å². The van der Waals surface area contributed by atoms with E-state index in [1.165, 1.54) is 11.0 Å². The second-order valence-electron chi connectivity index (χ2n) is 12.5. The number of nitrogens with zero attached hydrogens (tertiary/aromatic N) is 1. The smallest absolute Gasteiger partial charge is 0.408 e. The van der Waals surface area contributed by atoms with Gasteiger partial charge in [-0.05, 0) is 78.1 Å². The summed E-state index contributed by atoms with van der Waals surface area (Å²) in [5.41, 5.74) is 1.75. The number of hydrogen-bond acceptors (Lipinski definition) is 5. The zero-order valence-corrected chi connectivity index (χ0v) is 25.8. The molecule has 3 N–H and O–H groups in total. The van der Waals surface area contributed by atoms with Crippen molar-refractivity contribution in [2.75, 3.05) is 5.32 Å². The van der Waals surface area contributed by atoms with Crippen LogP contribution in [-0.4, -0.2) is 45.1 Å². The maximum absolute atomic E-state index is 14.6. The van der Waals surface area contributed by atoms with Crippen LogP contribution in [0.3, 0.4) is 0 Å². The largest absolute Gasteiger partial charge is 0.508 e. The Morgan fingerprint density at radius 2 is 1.40 bits per heavy atom. The van der Waals surface area contributed by atoms with E-state index in [0.717, 1.165) is 16.7 Å². The van der Waals surface area contributed by atoms with Crippen LogP contribution in [0.15, 0.2) is 72.8 Å². The predicted octanol–water partition coefficient (Wildman–Crippen LogP) is 6.45. The van der Waals surface area contributed by atoms with Crippen molar-refractivity contribution in [1.29, 1.82) is 0 Å². The number of carbonyl (C=O) groups is 3. The van der Waals surface area contributed by atoms with E-state index in [2.05, 4.69) is 10.6 Å². The lowest BCUT2D eigenvalue weighted by Gasteiger charge is -2.43. The van der Waals surface area contributed by atoms with Crippen molar-refractivity contribution in [3.8, 4) is 5.75 Å². The molecule has 3 aromatic carbocycles. The average molecular weight is 574 g/mol. The van der Waals surface area contributed by atoms with Crippen LogP contribution in [0.5, 0.6) is 5.75 Å². The van der Waals surface area contributed by atoms with Crippen molar-refractivity contribution in [1.82, 2.24) is 10.2 Å². The van der Waals surface area contributed by atoms with Crippen molar-refractivity contribution in [2.45, 2.75) is 85.0 Å². The fraction of sp³-hybridized carbons (Fsp3) is 0.382. The third-order valence-corrected chi connectivity index (χ3v) is 6.70. The molecule has 3 amide bonds. The first-order chi connectivity index (χ1) is 19.6. The Balaban J connectivity index is 2.14. The molecule has 42 heavy (non-hydrogen) atoms. The number of aromatic hydroxyl groups is 1. The Labute approximate surface area is 249 Å². The summed E-state index contributed by atoms with van der Waals surface area (Å²) in [7, 11) is 0. The minimum absolute atomic E-state index is 0.124. The lowest BCUT2D eigenvalue weighted by molar-refractivity contribution is -0.146. The molecule has 0 saturated heterocycles. The van der Waals surface area contributed by atoms with Crippen molar-refractivity contribution in [2.24, 2.45) is 0 Å². The van der Waals surface area contributed by atoms with Crippen molar-refractivity contribution < 1.29 is 24.2 Å². The molecule has 0 aliphatic rings. The number of nitrogens with one attached hydrogen (secondary N) is 2. The van der Waals surface area contributed by atoms with Gasteiger partial charge in [-0.25, -0.2) is 4.79 Å². The highest BCUT2D eigenvalue weighted by Crippen LogP contribution is 2.36. The van der Waals surface area contributed by atoms with E-state index >= 15 is 0 Å². The molecule has 0 heterocycles. The molecule has 224 valence electrons. The number of aryl methyl sites for hydroxylation is 2. The molecule has 2 unspecified atom stereocenters. The maximum Gasteiger partial charge on any atom is 0.408 e. The maximum atomic E-state index is 14.6. The van der Waals surface area contributed by atoms with Gasteiger partial charge in [-0.15, -0.1) is 0 Å². The average Bonchev–Trinajstić information content (AvgIpc) is 2.88. The van der Waals surface area contributed by atoms with Crippen molar-refractivity contribution in [3.63, 3.8) is 0 Å². The number of anilines is 1. The summed E-state index contributed by atoms with van der Waals surface area (Å²) in [4.78, 5) is 43.2. The molecule has 3 aromatic rings. The van der Waals surface area contributed by atoms with Gasteiger partial charge in [-0.1, -0.05) is 66.7 Å². The number of alkyl carbamates (subject to hydrolysis) is 1. The SMILES string of the molecule is Cc1cccc(C)c1NC(=O)C(c1ccccc1O)N(C(=O)C(Cc1ccccc1)NC(=O)OC(C)(C)C)C(C)(C)C. The Morgan fingerprint density at radius 3 is 1.95 bits per heavy atom. The highest BCUT2D eigenvalue weighted by Gasteiger charge is 2.43. The fourth-order valence-corrected chi connectivity index (χ4v) is 4.83. The minimum atomic E-state index is -1.23. The molecule has 0 saturated carbocycles. The number of carbonyl (C=O) groups excluding carboxylic acids is 3. The van der Waals surface area contributed by atoms with Crippen LogP contribution < -0.4 is 10.6 Å². The molecule has 0 spiro atoms. The zero-order valence-electron chi connectivity index (χ0n) is 25.8. The quantitative estimate of drug-likeness (QED) is 0.287. The summed E-state index contributed by atoms with van der Waals surface area (Å²) >= 11 is 0. The molecule has 0 aliphatic heterocycles. The van der Waals surface area contributed by atoms with Crippen molar-refractivity contribution >= 4 is 23.6 Å². The third kappa shape index (κ3) is 8.35. The molecular weight excluding hydrogens is 530 g/mol. The topological polar surface area (TPSA) is 108 Å². The predicted molar refractivity (Wildman–Crippen MR) is 165 cm³/mol. The second kappa shape index (κ2) is 13.1. The molecule has 0 radical (unpaired) electrons. The van der Waals surface area contributed by atoms with Crippen molar-refractivity contribution in [3.05, 3.63) is 95.1 Å². The normalized spacial score (nSPS) is 13.0. The van der Waals surface area contributed by atoms with E-state index in [-0.39, 0.29) is 17.7 Å². The summed E-state index contributed by atoms with van der Waals surface area (Å²) in [5, 5.41) is 16.7. The molecule has 0 bridgehead atoms. The van der Waals surface area contributed by atoms with E-state index in [1.807, 2.05) is 83.1 Å². The molecule has 8 heteroatoms. The third-order valence-electron chi connectivity index (χ3n) is 6.70. The van der Waals surface area contributed by atoms with Gasteiger partial charge >= 0.3 is 6.09 Å². The number of para-hydroxylation sites is 2. The lowest BCUT2D eigenvalue weighted by atomic mass is 9.93. The Bertz CT molecular complexity index is 1390. The number of amides is 3. The summed E-state index contributed by atoms with van der Waals surface area (Å²) in [5.74, 6) is -1.11. The standard InChI is InChI=1S/C34H43N3O5/c1-22-15-14-16-23(2)28(22)36-30(39)29(25-19-12-13-20-27(25)38)37(33(3,4)5)31(40)26(21-24-17-10-9-11-18-24)35-32(41)42-34(6,7)8/h9-20,26,29,38H,21H2,1-8H3,(H,35,41)(H,36,39). The number of phenols is 1. The van der Waals surface area contributed by atoms with Crippen LogP contribution >= 0.6 is 0 Å². The summed E-state index contributed by atoms with van der Waals surface area (Å²) in [6, 6.07) is 19.2. The first-order valence-corrected chi connectivity index (χ1v) is 14.1. The van der Waals surface area contributed by atoms with E-state index < -0.39 is 41.1 Å². The summed E-state index contributed by atoms with van der Waals surface area (Å²) < 4.78 is 5.50. The zero-order chi connectivity index (χ0) is 31.2. The van der Waals surface area contributed by atoms with Gasteiger partial charge in [-0.3, -0.25) is 9.59 Å². The van der Waals surface area contributed by atoms with E-state index in [4.69, 9.17) is 4.74 Å². The fourth-order valence-electron chi connectivity index (χ4n) is 4.83. The molecule has 0 aliphatic carbocycles. The first kappa shape index (κ1) is 32.2. The van der Waals surface area contributed by atoms with Gasteiger partial charge in [0.1, 0.15) is 23.4 Å². The highest BCUT2D eigenvalue weighted by molar-refractivity contribution is 6.00. The van der Waals surface area contributed by atoms with E-state index in [9.17, 15) is 19.5 Å². The van der Waals surface area contributed by atoms with Crippen LogP contribution in [0, 0.1) is 13.8 Å². The Morgan fingerprint density at radius 1 is 0.833 bits per heavy atom. The first-order valence-electron chi connectivity index (χ1n) is 14.1. The number of phenolic OH excluding ortho intramolecular Hbond substituents is 1. The van der Waals surface area contributed by atoms with Gasteiger partial charge in [-0.2, -0.15) is 0 Å². The summed E-state index contributed by atoms with van der Waals surface area (Å²) in [6.07, 6.45) is -0.581. The number of benzene rings is 3. The minimum Gasteiger partial charge on any atom is -0.508 e. The van der Waals surface area contributed by atoms with Gasteiger partial charge in [0, 0.05) is 23.2 Å². The lowest BCUT2D eigenvalue weighted by Crippen LogP contribution is -2.58. The Hall–Kier alpha value is -4.33. The molecule has 0 aromatic heterocycles. The number of ether oxygens (including phenoxy) is 1. The molecule has 8 nitrogen and oxygen atoms in total. The molecular formula is C34H43N3O5.